The summed E-state index contributed by atoms with van der Waals surface area (Å²) in [6.07, 6.45) is 1.62. The van der Waals surface area contributed by atoms with Crippen molar-refractivity contribution in [2.24, 2.45) is 0 Å². The summed E-state index contributed by atoms with van der Waals surface area (Å²) in [5, 5.41) is 0.541. The molecule has 0 bridgehead atoms. The Balaban J connectivity index is 1.97. The number of ketones is 1. The van der Waals surface area contributed by atoms with Crippen molar-refractivity contribution >= 4 is 16.7 Å². The van der Waals surface area contributed by atoms with Crippen molar-refractivity contribution < 1.29 is 18.3 Å². The second-order valence-corrected chi connectivity index (χ2v) is 5.41. The number of methoxy groups -OCH3 is 1. The van der Waals surface area contributed by atoms with Gasteiger partial charge in [0.15, 0.2) is 5.78 Å². The van der Waals surface area contributed by atoms with E-state index in [9.17, 15) is 13.6 Å². The van der Waals surface area contributed by atoms with Crippen LogP contribution in [0.4, 0.5) is 8.78 Å². The molecule has 0 spiro atoms. The van der Waals surface area contributed by atoms with Gasteiger partial charge >= 0.3 is 0 Å². The van der Waals surface area contributed by atoms with Crippen LogP contribution in [0, 0.1) is 18.6 Å². The molecule has 1 N–H and O–H groups in total. The molecule has 0 aliphatic heterocycles. The van der Waals surface area contributed by atoms with Crippen LogP contribution in [0.5, 0.6) is 5.75 Å². The summed E-state index contributed by atoms with van der Waals surface area (Å²) in [4.78, 5) is 15.5. The van der Waals surface area contributed by atoms with Gasteiger partial charge in [0.2, 0.25) is 0 Å². The van der Waals surface area contributed by atoms with Gasteiger partial charge in [0, 0.05) is 40.7 Å². The topological polar surface area (TPSA) is 42.1 Å². The average molecular weight is 315 g/mol. The summed E-state index contributed by atoms with van der Waals surface area (Å²) in [5.41, 5.74) is 2.21. The number of aromatic amines is 1. The number of rotatable bonds is 4. The number of fused-ring (bicyclic) bond motifs is 1. The van der Waals surface area contributed by atoms with E-state index in [-0.39, 0.29) is 18.0 Å². The summed E-state index contributed by atoms with van der Waals surface area (Å²) in [7, 11) is 1.42. The number of halogens is 2. The van der Waals surface area contributed by atoms with Crippen molar-refractivity contribution in [1.82, 2.24) is 4.98 Å². The van der Waals surface area contributed by atoms with Crippen molar-refractivity contribution in [2.45, 2.75) is 13.3 Å². The van der Waals surface area contributed by atoms with Gasteiger partial charge in [0.25, 0.3) is 0 Å². The lowest BCUT2D eigenvalue weighted by Crippen LogP contribution is -2.05. The van der Waals surface area contributed by atoms with E-state index in [0.29, 0.717) is 33.3 Å². The molecule has 0 atom stereocenters. The average Bonchev–Trinajstić information content (AvgIpc) is 2.92. The Morgan fingerprint density at radius 1 is 1.22 bits per heavy atom. The van der Waals surface area contributed by atoms with Gasteiger partial charge in [-0.3, -0.25) is 4.79 Å². The smallest absolute Gasteiger partial charge is 0.169 e. The first-order valence-electron chi connectivity index (χ1n) is 7.12. The highest BCUT2D eigenvalue weighted by molar-refractivity contribution is 6.08. The van der Waals surface area contributed by atoms with Crippen molar-refractivity contribution in [2.75, 3.05) is 7.11 Å². The van der Waals surface area contributed by atoms with Crippen molar-refractivity contribution in [3.05, 3.63) is 64.9 Å². The summed E-state index contributed by atoms with van der Waals surface area (Å²) < 4.78 is 32.1. The first-order chi connectivity index (χ1) is 11.0. The molecular formula is C18H15F2NO2. The molecule has 0 radical (unpaired) electrons. The van der Waals surface area contributed by atoms with Gasteiger partial charge in [-0.25, -0.2) is 8.78 Å². The number of benzene rings is 2. The van der Waals surface area contributed by atoms with Crippen LogP contribution < -0.4 is 4.74 Å². The second kappa shape index (κ2) is 5.83. The molecule has 118 valence electrons. The van der Waals surface area contributed by atoms with Crippen LogP contribution in [0.25, 0.3) is 10.9 Å². The normalized spacial score (nSPS) is 11.0. The van der Waals surface area contributed by atoms with Crippen molar-refractivity contribution in [3.8, 4) is 5.75 Å². The van der Waals surface area contributed by atoms with Gasteiger partial charge in [0.05, 0.1) is 7.11 Å². The Morgan fingerprint density at radius 2 is 2.00 bits per heavy atom. The monoisotopic (exact) mass is 315 g/mol. The number of Topliss-reactive ketones (excluding diaryl/α,β-unsaturated/α-hetero) is 1. The van der Waals surface area contributed by atoms with Gasteiger partial charge < -0.3 is 9.72 Å². The van der Waals surface area contributed by atoms with Crippen LogP contribution in [-0.2, 0) is 6.42 Å². The number of hydrogen-bond donors (Lipinski definition) is 1. The lowest BCUT2D eigenvalue weighted by atomic mass is 10.0. The highest BCUT2D eigenvalue weighted by atomic mass is 19.1. The number of aromatic nitrogens is 1. The molecule has 0 aliphatic carbocycles. The lowest BCUT2D eigenvalue weighted by Gasteiger charge is -2.08. The van der Waals surface area contributed by atoms with E-state index in [1.165, 1.54) is 31.4 Å². The van der Waals surface area contributed by atoms with Gasteiger partial charge in [-0.15, -0.1) is 0 Å². The molecule has 0 saturated heterocycles. The maximum atomic E-state index is 13.8. The van der Waals surface area contributed by atoms with E-state index < -0.39 is 5.82 Å². The van der Waals surface area contributed by atoms with Gasteiger partial charge in [-0.05, 0) is 30.7 Å². The SMILES string of the molecule is COc1cc(F)ccc1CC(=O)c1c[nH]c2cc(C)c(F)cc12. The largest absolute Gasteiger partial charge is 0.496 e. The molecule has 0 fully saturated rings. The number of carbonyl (C=O) groups is 1. The minimum atomic E-state index is -0.428. The maximum Gasteiger partial charge on any atom is 0.169 e. The molecule has 1 heterocycles. The molecular weight excluding hydrogens is 300 g/mol. The molecule has 0 aliphatic rings. The minimum Gasteiger partial charge on any atom is -0.496 e. The number of carbonyl (C=O) groups excluding carboxylic acids is 1. The Kier molecular flexibility index (Phi) is 3.86. The van der Waals surface area contributed by atoms with Crippen LogP contribution in [0.15, 0.2) is 36.5 Å². The number of hydrogen-bond acceptors (Lipinski definition) is 2. The Labute approximate surface area is 131 Å². The van der Waals surface area contributed by atoms with E-state index >= 15 is 0 Å². The zero-order valence-corrected chi connectivity index (χ0v) is 12.7. The fourth-order valence-corrected chi connectivity index (χ4v) is 2.61. The Hall–Kier alpha value is -2.69. The number of H-pyrrole nitrogens is 1. The maximum absolute atomic E-state index is 13.8. The molecule has 1 aromatic heterocycles. The molecule has 0 unspecified atom stereocenters. The van der Waals surface area contributed by atoms with Gasteiger partial charge in [0.1, 0.15) is 17.4 Å². The number of aryl methyl sites for hydroxylation is 1. The third kappa shape index (κ3) is 2.82. The standard InChI is InChI=1S/C18H15F2NO2/c1-10-5-16-13(8-15(10)20)14(9-21-16)17(22)6-11-3-4-12(19)7-18(11)23-2/h3-5,7-9,21H,6H2,1-2H3. The van der Waals surface area contributed by atoms with Crippen LogP contribution >= 0.6 is 0 Å². The molecule has 3 nitrogen and oxygen atoms in total. The predicted molar refractivity (Wildman–Crippen MR) is 84.0 cm³/mol. The van der Waals surface area contributed by atoms with E-state index in [1.54, 1.807) is 19.2 Å². The fraction of sp³-hybridized carbons (Fsp3) is 0.167. The third-order valence-corrected chi connectivity index (χ3v) is 3.86. The zero-order valence-electron chi connectivity index (χ0n) is 12.7. The van der Waals surface area contributed by atoms with Crippen LogP contribution in [0.3, 0.4) is 0 Å². The molecule has 5 heteroatoms. The van der Waals surface area contributed by atoms with Gasteiger partial charge in [-0.2, -0.15) is 0 Å². The Bertz CT molecular complexity index is 899. The molecule has 2 aromatic carbocycles. The first kappa shape index (κ1) is 15.2. The lowest BCUT2D eigenvalue weighted by molar-refractivity contribution is 0.0993. The quantitative estimate of drug-likeness (QED) is 0.734. The number of ether oxygens (including phenoxy) is 1. The van der Waals surface area contributed by atoms with E-state index in [0.717, 1.165) is 0 Å². The van der Waals surface area contributed by atoms with Crippen molar-refractivity contribution in [3.63, 3.8) is 0 Å². The third-order valence-electron chi connectivity index (χ3n) is 3.86. The van der Waals surface area contributed by atoms with Crippen LogP contribution in [-0.4, -0.2) is 17.9 Å². The van der Waals surface area contributed by atoms with Crippen molar-refractivity contribution in [1.29, 1.82) is 0 Å². The second-order valence-electron chi connectivity index (χ2n) is 5.41. The van der Waals surface area contributed by atoms with Crippen LogP contribution in [0.1, 0.15) is 21.5 Å². The number of nitrogens with one attached hydrogen (secondary N) is 1. The summed E-state index contributed by atoms with van der Waals surface area (Å²) in [6.45, 7) is 1.67. The Morgan fingerprint density at radius 3 is 2.74 bits per heavy atom. The fourth-order valence-electron chi connectivity index (χ4n) is 2.61. The molecule has 0 saturated carbocycles. The van der Waals surface area contributed by atoms with Gasteiger partial charge in [-0.1, -0.05) is 6.07 Å². The molecule has 3 aromatic rings. The zero-order chi connectivity index (χ0) is 16.6. The summed E-state index contributed by atoms with van der Waals surface area (Å²) >= 11 is 0. The molecule has 23 heavy (non-hydrogen) atoms. The van der Waals surface area contributed by atoms with Crippen LogP contribution in [0.2, 0.25) is 0 Å². The minimum absolute atomic E-state index is 0.0475. The van der Waals surface area contributed by atoms with E-state index in [4.69, 9.17) is 4.74 Å². The summed E-state index contributed by atoms with van der Waals surface area (Å²) in [5.74, 6) is -0.655. The predicted octanol–water partition coefficient (Wildman–Crippen LogP) is 4.19. The van der Waals surface area contributed by atoms with E-state index in [1.807, 2.05) is 0 Å². The van der Waals surface area contributed by atoms with E-state index in [2.05, 4.69) is 4.98 Å². The highest BCUT2D eigenvalue weighted by Crippen LogP contribution is 2.25. The first-order valence-corrected chi connectivity index (χ1v) is 7.12. The highest BCUT2D eigenvalue weighted by Gasteiger charge is 2.16. The molecule has 3 rings (SSSR count). The summed E-state index contributed by atoms with van der Waals surface area (Å²) in [6, 6.07) is 7.06. The molecule has 0 amide bonds.